The van der Waals surface area contributed by atoms with Crippen LogP contribution in [0, 0.1) is 0 Å². The van der Waals surface area contributed by atoms with Gasteiger partial charge in [-0.2, -0.15) is 0 Å². The fraction of sp³-hybridized carbons (Fsp3) is 0.455. The number of sulfonamides is 1. The van der Waals surface area contributed by atoms with Crippen LogP contribution in [-0.2, 0) is 14.8 Å². The van der Waals surface area contributed by atoms with Crippen LogP contribution in [0.2, 0.25) is 0 Å². The van der Waals surface area contributed by atoms with E-state index < -0.39 is 10.0 Å². The Bertz CT molecular complexity index is 527. The molecule has 1 aliphatic heterocycles. The molecular formula is C11H15BrN2O3S. The Hall–Kier alpha value is -0.630. The highest BCUT2D eigenvalue weighted by Crippen LogP contribution is 2.24. The van der Waals surface area contributed by atoms with Gasteiger partial charge in [-0.05, 0) is 47.0 Å². The standard InChI is InChI=1S/C11H15BrN2O3S/c12-10-4-3-8(13)6-11(10)18(15,16)14-7-9-2-1-5-17-9/h3-4,6,9,14H,1-2,5,7,13H2. The van der Waals surface area contributed by atoms with Gasteiger partial charge in [0.15, 0.2) is 0 Å². The van der Waals surface area contributed by atoms with E-state index >= 15 is 0 Å². The number of benzene rings is 1. The lowest BCUT2D eigenvalue weighted by atomic mass is 10.2. The number of hydrogen-bond donors (Lipinski definition) is 2. The first kappa shape index (κ1) is 13.8. The molecule has 1 saturated heterocycles. The van der Waals surface area contributed by atoms with Crippen molar-refractivity contribution in [1.82, 2.24) is 4.72 Å². The summed E-state index contributed by atoms with van der Waals surface area (Å²) in [6.45, 7) is 0.998. The Kier molecular flexibility index (Phi) is 4.26. The van der Waals surface area contributed by atoms with Crippen LogP contribution in [0.4, 0.5) is 5.69 Å². The summed E-state index contributed by atoms with van der Waals surface area (Å²) in [6.07, 6.45) is 1.84. The van der Waals surface area contributed by atoms with Crippen molar-refractivity contribution in [2.75, 3.05) is 18.9 Å². The van der Waals surface area contributed by atoms with Crippen molar-refractivity contribution in [1.29, 1.82) is 0 Å². The van der Waals surface area contributed by atoms with E-state index in [4.69, 9.17) is 10.5 Å². The molecule has 2 rings (SSSR count). The van der Waals surface area contributed by atoms with Crippen molar-refractivity contribution in [2.24, 2.45) is 0 Å². The summed E-state index contributed by atoms with van der Waals surface area (Å²) in [5, 5.41) is 0. The molecule has 18 heavy (non-hydrogen) atoms. The van der Waals surface area contributed by atoms with Crippen molar-refractivity contribution >= 4 is 31.6 Å². The number of halogens is 1. The fourth-order valence-corrected chi connectivity index (χ4v) is 3.87. The van der Waals surface area contributed by atoms with Gasteiger partial charge in [0.25, 0.3) is 0 Å². The van der Waals surface area contributed by atoms with Gasteiger partial charge < -0.3 is 10.5 Å². The fourth-order valence-electron chi connectivity index (χ4n) is 1.81. The molecule has 0 spiro atoms. The van der Waals surface area contributed by atoms with E-state index in [0.29, 0.717) is 23.3 Å². The maximum Gasteiger partial charge on any atom is 0.241 e. The number of nitrogens with two attached hydrogens (primary N) is 1. The lowest BCUT2D eigenvalue weighted by Crippen LogP contribution is -2.32. The quantitative estimate of drug-likeness (QED) is 0.817. The van der Waals surface area contributed by atoms with Crippen LogP contribution in [0.15, 0.2) is 27.6 Å². The first-order valence-corrected chi connectivity index (χ1v) is 7.93. The zero-order chi connectivity index (χ0) is 13.2. The number of anilines is 1. The Morgan fingerprint density at radius 2 is 2.28 bits per heavy atom. The summed E-state index contributed by atoms with van der Waals surface area (Å²) < 4.78 is 32.6. The van der Waals surface area contributed by atoms with Gasteiger partial charge in [-0.3, -0.25) is 0 Å². The monoisotopic (exact) mass is 334 g/mol. The van der Waals surface area contributed by atoms with Crippen LogP contribution in [0.5, 0.6) is 0 Å². The molecule has 1 atom stereocenters. The van der Waals surface area contributed by atoms with E-state index in [2.05, 4.69) is 20.7 Å². The zero-order valence-corrected chi connectivity index (χ0v) is 12.1. The number of hydrogen-bond acceptors (Lipinski definition) is 4. The Balaban J connectivity index is 2.12. The molecule has 1 unspecified atom stereocenters. The molecular weight excluding hydrogens is 320 g/mol. The number of nitrogen functional groups attached to an aromatic ring is 1. The summed E-state index contributed by atoms with van der Waals surface area (Å²) in [5.74, 6) is 0. The molecule has 0 aliphatic carbocycles. The minimum atomic E-state index is -3.56. The van der Waals surface area contributed by atoms with Crippen LogP contribution >= 0.6 is 15.9 Å². The van der Waals surface area contributed by atoms with E-state index in [0.717, 1.165) is 12.8 Å². The number of rotatable bonds is 4. The van der Waals surface area contributed by atoms with E-state index in [9.17, 15) is 8.42 Å². The third-order valence-electron chi connectivity index (χ3n) is 2.77. The zero-order valence-electron chi connectivity index (χ0n) is 9.73. The second kappa shape index (κ2) is 5.56. The minimum absolute atomic E-state index is 0.0281. The summed E-state index contributed by atoms with van der Waals surface area (Å²) >= 11 is 3.21. The molecule has 1 aliphatic rings. The van der Waals surface area contributed by atoms with Crippen molar-refractivity contribution in [2.45, 2.75) is 23.8 Å². The third-order valence-corrected chi connectivity index (χ3v) is 5.19. The molecule has 0 bridgehead atoms. The van der Waals surface area contributed by atoms with Gasteiger partial charge in [-0.15, -0.1) is 0 Å². The molecule has 1 aromatic rings. The van der Waals surface area contributed by atoms with Gasteiger partial charge in [0, 0.05) is 23.3 Å². The second-order valence-electron chi connectivity index (χ2n) is 4.18. The van der Waals surface area contributed by atoms with E-state index in [1.165, 1.54) is 6.07 Å². The Morgan fingerprint density at radius 1 is 1.50 bits per heavy atom. The molecule has 1 heterocycles. The normalized spacial score (nSPS) is 20.2. The highest BCUT2D eigenvalue weighted by atomic mass is 79.9. The van der Waals surface area contributed by atoms with Gasteiger partial charge in [0.05, 0.1) is 11.0 Å². The average molecular weight is 335 g/mol. The van der Waals surface area contributed by atoms with Gasteiger partial charge in [0.2, 0.25) is 10.0 Å². The molecule has 0 aromatic heterocycles. The summed E-state index contributed by atoms with van der Waals surface area (Å²) in [7, 11) is -3.56. The van der Waals surface area contributed by atoms with Crippen LogP contribution in [0.1, 0.15) is 12.8 Å². The van der Waals surface area contributed by atoms with E-state index in [-0.39, 0.29) is 11.0 Å². The van der Waals surface area contributed by atoms with Gasteiger partial charge in [-0.25, -0.2) is 13.1 Å². The summed E-state index contributed by atoms with van der Waals surface area (Å²) in [4.78, 5) is 0.153. The Labute approximate surface area is 115 Å². The first-order chi connectivity index (χ1) is 8.49. The third kappa shape index (κ3) is 3.23. The van der Waals surface area contributed by atoms with Crippen LogP contribution in [-0.4, -0.2) is 27.7 Å². The molecule has 5 nitrogen and oxygen atoms in total. The van der Waals surface area contributed by atoms with E-state index in [1.807, 2.05) is 0 Å². The molecule has 3 N–H and O–H groups in total. The molecule has 1 aromatic carbocycles. The summed E-state index contributed by atoms with van der Waals surface area (Å²) in [6, 6.07) is 4.70. The summed E-state index contributed by atoms with van der Waals surface area (Å²) in [5.41, 5.74) is 6.02. The highest BCUT2D eigenvalue weighted by molar-refractivity contribution is 9.10. The van der Waals surface area contributed by atoms with Crippen LogP contribution in [0.3, 0.4) is 0 Å². The van der Waals surface area contributed by atoms with Crippen molar-refractivity contribution < 1.29 is 13.2 Å². The molecule has 1 fully saturated rings. The molecule has 0 amide bonds. The van der Waals surface area contributed by atoms with Crippen molar-refractivity contribution in [3.8, 4) is 0 Å². The van der Waals surface area contributed by atoms with Gasteiger partial charge >= 0.3 is 0 Å². The average Bonchev–Trinajstić information content (AvgIpc) is 2.83. The van der Waals surface area contributed by atoms with Crippen LogP contribution in [0.25, 0.3) is 0 Å². The molecule has 7 heteroatoms. The first-order valence-electron chi connectivity index (χ1n) is 5.65. The topological polar surface area (TPSA) is 81.4 Å². The SMILES string of the molecule is Nc1ccc(Br)c(S(=O)(=O)NCC2CCCO2)c1. The smallest absolute Gasteiger partial charge is 0.241 e. The second-order valence-corrected chi connectivity index (χ2v) is 6.77. The van der Waals surface area contributed by atoms with E-state index in [1.54, 1.807) is 12.1 Å². The molecule has 100 valence electrons. The van der Waals surface area contributed by atoms with Crippen molar-refractivity contribution in [3.05, 3.63) is 22.7 Å². The minimum Gasteiger partial charge on any atom is -0.399 e. The lowest BCUT2D eigenvalue weighted by molar-refractivity contribution is 0.114. The number of ether oxygens (including phenoxy) is 1. The predicted octanol–water partition coefficient (Wildman–Crippen LogP) is 1.49. The van der Waals surface area contributed by atoms with Crippen LogP contribution < -0.4 is 10.5 Å². The lowest BCUT2D eigenvalue weighted by Gasteiger charge is -2.12. The van der Waals surface area contributed by atoms with Gasteiger partial charge in [-0.1, -0.05) is 0 Å². The highest BCUT2D eigenvalue weighted by Gasteiger charge is 2.22. The molecule has 0 radical (unpaired) electrons. The number of nitrogens with one attached hydrogen (secondary N) is 1. The molecule has 0 saturated carbocycles. The maximum atomic E-state index is 12.1. The van der Waals surface area contributed by atoms with Crippen molar-refractivity contribution in [3.63, 3.8) is 0 Å². The van der Waals surface area contributed by atoms with Gasteiger partial charge in [0.1, 0.15) is 0 Å². The maximum absolute atomic E-state index is 12.1. The Morgan fingerprint density at radius 3 is 2.94 bits per heavy atom. The largest absolute Gasteiger partial charge is 0.399 e. The predicted molar refractivity (Wildman–Crippen MR) is 72.7 cm³/mol.